The maximum absolute atomic E-state index is 5.19. The quantitative estimate of drug-likeness (QED) is 0.912. The van der Waals surface area contributed by atoms with Crippen molar-refractivity contribution in [3.05, 3.63) is 51.7 Å². The van der Waals surface area contributed by atoms with E-state index < -0.39 is 0 Å². The van der Waals surface area contributed by atoms with Gasteiger partial charge in [-0.2, -0.15) is 0 Å². The van der Waals surface area contributed by atoms with E-state index in [0.29, 0.717) is 0 Å². The Morgan fingerprint density at radius 3 is 2.77 bits per heavy atom. The predicted octanol–water partition coefficient (Wildman–Crippen LogP) is 2.90. The van der Waals surface area contributed by atoms with E-state index in [1.807, 2.05) is 23.5 Å². The molecule has 1 aromatic carbocycles. The lowest BCUT2D eigenvalue weighted by Gasteiger charge is -2.25. The fourth-order valence-corrected chi connectivity index (χ4v) is 3.47. The van der Waals surface area contributed by atoms with Crippen molar-refractivity contribution < 1.29 is 4.74 Å². The Bertz CT molecular complexity index is 648. The van der Waals surface area contributed by atoms with Crippen molar-refractivity contribution in [2.45, 2.75) is 19.5 Å². The van der Waals surface area contributed by atoms with Gasteiger partial charge in [-0.05, 0) is 36.8 Å². The molecule has 2 aromatic rings. The standard InChI is InChI=1S/C17H21N3OS/c1-12-3-8-15(22-12)16-17(19-10-9-18-16)20-11-13-4-6-14(21-2)7-5-13/h3-8,16,18H,9-11H2,1-2H3,(H,19,20). The van der Waals surface area contributed by atoms with Crippen LogP contribution in [0.15, 0.2) is 41.4 Å². The molecule has 1 aliphatic heterocycles. The van der Waals surface area contributed by atoms with E-state index in [2.05, 4.69) is 46.8 Å². The number of benzene rings is 1. The number of methoxy groups -OCH3 is 1. The van der Waals surface area contributed by atoms with Gasteiger partial charge in [-0.25, -0.2) is 0 Å². The van der Waals surface area contributed by atoms with Crippen molar-refractivity contribution in [2.75, 3.05) is 20.2 Å². The number of ether oxygens (including phenoxy) is 1. The average molecular weight is 315 g/mol. The highest BCUT2D eigenvalue weighted by molar-refractivity contribution is 7.12. The summed E-state index contributed by atoms with van der Waals surface area (Å²) in [7, 11) is 1.68. The number of nitrogens with one attached hydrogen (secondary N) is 2. The summed E-state index contributed by atoms with van der Waals surface area (Å²) in [5.74, 6) is 1.91. The van der Waals surface area contributed by atoms with Gasteiger partial charge in [0.05, 0.1) is 19.7 Å². The van der Waals surface area contributed by atoms with Crippen LogP contribution in [0.1, 0.15) is 21.4 Å². The second-order valence-electron chi connectivity index (χ2n) is 5.30. The largest absolute Gasteiger partial charge is 0.497 e. The van der Waals surface area contributed by atoms with Crippen LogP contribution in [0.25, 0.3) is 0 Å². The van der Waals surface area contributed by atoms with E-state index in [0.717, 1.165) is 31.2 Å². The molecule has 0 fully saturated rings. The normalized spacial score (nSPS) is 17.9. The topological polar surface area (TPSA) is 45.6 Å². The molecule has 3 rings (SSSR count). The Morgan fingerprint density at radius 1 is 1.27 bits per heavy atom. The number of nitrogens with zero attached hydrogens (tertiary/aromatic N) is 1. The molecular formula is C17H21N3OS. The minimum absolute atomic E-state index is 0.186. The van der Waals surface area contributed by atoms with Crippen molar-refractivity contribution in [3.8, 4) is 5.75 Å². The van der Waals surface area contributed by atoms with Crippen molar-refractivity contribution in [2.24, 2.45) is 4.99 Å². The number of aliphatic imine (C=N–C) groups is 1. The highest BCUT2D eigenvalue weighted by Gasteiger charge is 2.21. The van der Waals surface area contributed by atoms with Gasteiger partial charge < -0.3 is 15.4 Å². The minimum Gasteiger partial charge on any atom is -0.497 e. The Balaban J connectivity index is 1.67. The molecule has 1 atom stereocenters. The lowest BCUT2D eigenvalue weighted by Crippen LogP contribution is -2.41. The summed E-state index contributed by atoms with van der Waals surface area (Å²) in [4.78, 5) is 7.32. The molecule has 22 heavy (non-hydrogen) atoms. The van der Waals surface area contributed by atoms with Crippen molar-refractivity contribution in [1.82, 2.24) is 10.6 Å². The van der Waals surface area contributed by atoms with Gasteiger partial charge in [-0.3, -0.25) is 4.99 Å². The maximum Gasteiger partial charge on any atom is 0.119 e. The number of hydrogen-bond acceptors (Lipinski definition) is 5. The van der Waals surface area contributed by atoms with Crippen molar-refractivity contribution in [1.29, 1.82) is 0 Å². The van der Waals surface area contributed by atoms with Crippen LogP contribution in [-0.2, 0) is 6.54 Å². The molecule has 116 valence electrons. The summed E-state index contributed by atoms with van der Waals surface area (Å²) in [6, 6.07) is 12.7. The molecule has 1 aromatic heterocycles. The molecule has 0 bridgehead atoms. The summed E-state index contributed by atoms with van der Waals surface area (Å²) in [5.41, 5.74) is 1.22. The number of rotatable bonds is 4. The molecule has 2 N–H and O–H groups in total. The minimum atomic E-state index is 0.186. The zero-order valence-corrected chi connectivity index (χ0v) is 13.7. The fraction of sp³-hybridized carbons (Fsp3) is 0.353. The fourth-order valence-electron chi connectivity index (χ4n) is 2.51. The van der Waals surface area contributed by atoms with E-state index in [1.54, 1.807) is 7.11 Å². The SMILES string of the molecule is COc1ccc(CNC2=NCCNC2c2ccc(C)s2)cc1. The molecule has 0 spiro atoms. The third-order valence-electron chi connectivity index (χ3n) is 3.69. The van der Waals surface area contributed by atoms with E-state index in [1.165, 1.54) is 15.3 Å². The molecule has 0 radical (unpaired) electrons. The smallest absolute Gasteiger partial charge is 0.119 e. The van der Waals surface area contributed by atoms with Crippen LogP contribution in [0, 0.1) is 6.92 Å². The van der Waals surface area contributed by atoms with Gasteiger partial charge >= 0.3 is 0 Å². The second-order valence-corrected chi connectivity index (χ2v) is 6.62. The van der Waals surface area contributed by atoms with Gasteiger partial charge in [0.25, 0.3) is 0 Å². The monoisotopic (exact) mass is 315 g/mol. The molecule has 0 saturated carbocycles. The lowest BCUT2D eigenvalue weighted by atomic mass is 10.1. The molecule has 2 heterocycles. The summed E-state index contributed by atoms with van der Waals surface area (Å²) in [5, 5.41) is 7.04. The van der Waals surface area contributed by atoms with Gasteiger partial charge in [0.1, 0.15) is 11.6 Å². The predicted molar refractivity (Wildman–Crippen MR) is 91.9 cm³/mol. The molecule has 0 aliphatic carbocycles. The van der Waals surface area contributed by atoms with Crippen LogP contribution >= 0.6 is 11.3 Å². The number of thiophene rings is 1. The molecule has 0 amide bonds. The summed E-state index contributed by atoms with van der Waals surface area (Å²) < 4.78 is 5.19. The van der Waals surface area contributed by atoms with E-state index in [4.69, 9.17) is 4.74 Å². The first kappa shape index (κ1) is 15.1. The average Bonchev–Trinajstić information content (AvgIpc) is 3.00. The van der Waals surface area contributed by atoms with Crippen molar-refractivity contribution >= 4 is 17.2 Å². The summed E-state index contributed by atoms with van der Waals surface area (Å²) >= 11 is 1.82. The molecule has 5 heteroatoms. The highest BCUT2D eigenvalue weighted by Crippen LogP contribution is 2.24. The lowest BCUT2D eigenvalue weighted by molar-refractivity contribution is 0.414. The molecule has 4 nitrogen and oxygen atoms in total. The first-order valence-electron chi connectivity index (χ1n) is 7.47. The Morgan fingerprint density at radius 2 is 2.09 bits per heavy atom. The van der Waals surface area contributed by atoms with Gasteiger partial charge in [0.2, 0.25) is 0 Å². The summed E-state index contributed by atoms with van der Waals surface area (Å²) in [6.45, 7) is 4.66. The second kappa shape index (κ2) is 6.94. The Hall–Kier alpha value is -1.85. The van der Waals surface area contributed by atoms with Crippen LogP contribution in [0.4, 0.5) is 0 Å². The highest BCUT2D eigenvalue weighted by atomic mass is 32.1. The first-order valence-corrected chi connectivity index (χ1v) is 8.29. The van der Waals surface area contributed by atoms with Crippen LogP contribution < -0.4 is 15.4 Å². The van der Waals surface area contributed by atoms with Crippen LogP contribution in [0.2, 0.25) is 0 Å². The molecule has 0 saturated heterocycles. The van der Waals surface area contributed by atoms with Crippen molar-refractivity contribution in [3.63, 3.8) is 0 Å². The number of hydrogen-bond donors (Lipinski definition) is 2. The maximum atomic E-state index is 5.19. The third-order valence-corrected chi connectivity index (χ3v) is 4.76. The molecule has 1 aliphatic rings. The van der Waals surface area contributed by atoms with Crippen LogP contribution in [0.3, 0.4) is 0 Å². The zero-order chi connectivity index (χ0) is 15.4. The van der Waals surface area contributed by atoms with E-state index in [-0.39, 0.29) is 6.04 Å². The first-order chi connectivity index (χ1) is 10.8. The zero-order valence-electron chi connectivity index (χ0n) is 12.9. The number of amidine groups is 1. The Kier molecular flexibility index (Phi) is 4.75. The molecule has 1 unspecified atom stereocenters. The van der Waals surface area contributed by atoms with Gasteiger partial charge in [-0.15, -0.1) is 11.3 Å². The van der Waals surface area contributed by atoms with E-state index in [9.17, 15) is 0 Å². The Labute approximate surface area is 135 Å². The van der Waals surface area contributed by atoms with E-state index >= 15 is 0 Å². The third kappa shape index (κ3) is 3.48. The van der Waals surface area contributed by atoms with Crippen LogP contribution in [0.5, 0.6) is 5.75 Å². The van der Waals surface area contributed by atoms with Crippen LogP contribution in [-0.4, -0.2) is 26.0 Å². The van der Waals surface area contributed by atoms with Gasteiger partial charge in [0, 0.05) is 22.8 Å². The van der Waals surface area contributed by atoms with Gasteiger partial charge in [0.15, 0.2) is 0 Å². The summed E-state index contributed by atoms with van der Waals surface area (Å²) in [6.07, 6.45) is 0. The van der Waals surface area contributed by atoms with Gasteiger partial charge in [-0.1, -0.05) is 12.1 Å². The number of aryl methyl sites for hydroxylation is 1. The molecular weight excluding hydrogens is 294 g/mol.